The molecule has 2 heterocycles. The van der Waals surface area contributed by atoms with Crippen LogP contribution in [0.15, 0.2) is 57.7 Å². The molecule has 0 radical (unpaired) electrons. The van der Waals surface area contributed by atoms with Gasteiger partial charge in [0, 0.05) is 30.3 Å². The third kappa shape index (κ3) is 4.84. The molecule has 8 nitrogen and oxygen atoms in total. The van der Waals surface area contributed by atoms with Crippen molar-refractivity contribution < 1.29 is 28.6 Å². The lowest BCUT2D eigenvalue weighted by molar-refractivity contribution is -0.139. The molecule has 0 saturated carbocycles. The average molecular weight is 451 g/mol. The number of carbonyl (C=O) groups is 2. The van der Waals surface area contributed by atoms with E-state index in [1.165, 1.54) is 23.1 Å². The summed E-state index contributed by atoms with van der Waals surface area (Å²) in [6.45, 7) is 5.64. The normalized spacial score (nSPS) is 16.1. The number of hydrogen-bond donors (Lipinski definition) is 1. The van der Waals surface area contributed by atoms with Gasteiger partial charge in [-0.3, -0.25) is 9.69 Å². The van der Waals surface area contributed by atoms with E-state index in [4.69, 9.17) is 13.9 Å². The maximum atomic E-state index is 12.9. The van der Waals surface area contributed by atoms with Crippen LogP contribution < -0.4 is 10.2 Å². The molecule has 33 heavy (non-hydrogen) atoms. The van der Waals surface area contributed by atoms with Gasteiger partial charge in [0.05, 0.1) is 0 Å². The van der Waals surface area contributed by atoms with E-state index in [-0.39, 0.29) is 22.5 Å². The Kier molecular flexibility index (Phi) is 5.84. The maximum absolute atomic E-state index is 12.9. The number of amides is 1. The zero-order valence-electron chi connectivity index (χ0n) is 18.7. The Balaban J connectivity index is 1.61. The summed E-state index contributed by atoms with van der Waals surface area (Å²) in [5, 5.41) is 10.4. The third-order valence-corrected chi connectivity index (χ3v) is 5.21. The van der Waals surface area contributed by atoms with E-state index in [1.54, 1.807) is 32.9 Å². The van der Waals surface area contributed by atoms with E-state index in [9.17, 15) is 19.5 Å². The highest BCUT2D eigenvalue weighted by Gasteiger charge is 2.38. The molecular weight excluding hydrogens is 426 g/mol. The van der Waals surface area contributed by atoms with Gasteiger partial charge >= 0.3 is 12.1 Å². The van der Waals surface area contributed by atoms with Gasteiger partial charge in [-0.05, 0) is 33.6 Å². The first-order chi connectivity index (χ1) is 15.6. The fourth-order valence-corrected chi connectivity index (χ4v) is 3.78. The van der Waals surface area contributed by atoms with Crippen molar-refractivity contribution in [2.75, 3.05) is 6.54 Å². The number of carbonyl (C=O) groups excluding carboxylic acids is 2. The predicted octanol–water partition coefficient (Wildman–Crippen LogP) is 4.47. The van der Waals surface area contributed by atoms with E-state index in [1.807, 2.05) is 18.2 Å². The van der Waals surface area contributed by atoms with Crippen LogP contribution in [0.25, 0.3) is 22.3 Å². The summed E-state index contributed by atoms with van der Waals surface area (Å²) in [6, 6.07) is 12.1. The van der Waals surface area contributed by atoms with Crippen LogP contribution in [0, 0.1) is 0 Å². The molecule has 2 aromatic carbocycles. The highest BCUT2D eigenvalue weighted by molar-refractivity contribution is 5.88. The lowest BCUT2D eigenvalue weighted by Crippen LogP contribution is -2.44. The number of aromatic hydroxyl groups is 1. The molecule has 1 N–H and O–H groups in total. The van der Waals surface area contributed by atoms with Gasteiger partial charge in [0.2, 0.25) is 0 Å². The number of likely N-dealkylation sites (tertiary alicyclic amines) is 1. The summed E-state index contributed by atoms with van der Waals surface area (Å²) >= 11 is 0. The van der Waals surface area contributed by atoms with Gasteiger partial charge in [-0.15, -0.1) is 0 Å². The standard InChI is InChI=1S/C25H25NO7/c1-25(2,3)33-24(30)26-11-7-10-17(26)23(29)31-16-12-18(27)22-19(28)14-20(32-21(22)13-16)15-8-5-4-6-9-15/h4-6,8-9,12-14,17,27H,7,10-11H2,1-3H3/t17-/m0/s1. The lowest BCUT2D eigenvalue weighted by Gasteiger charge is -2.27. The van der Waals surface area contributed by atoms with Crippen molar-refractivity contribution in [2.45, 2.75) is 45.3 Å². The summed E-state index contributed by atoms with van der Waals surface area (Å²) in [5.74, 6) is -0.685. The monoisotopic (exact) mass is 451 g/mol. The zero-order valence-corrected chi connectivity index (χ0v) is 18.7. The molecule has 4 rings (SSSR count). The maximum Gasteiger partial charge on any atom is 0.411 e. The molecule has 0 unspecified atom stereocenters. The van der Waals surface area contributed by atoms with Crippen LogP contribution in [0.4, 0.5) is 4.79 Å². The zero-order chi connectivity index (χ0) is 23.8. The molecule has 1 amide bonds. The number of fused-ring (bicyclic) bond motifs is 1. The minimum atomic E-state index is -0.805. The average Bonchev–Trinajstić information content (AvgIpc) is 3.23. The number of rotatable bonds is 3. The molecule has 8 heteroatoms. The van der Waals surface area contributed by atoms with Crippen molar-refractivity contribution in [1.82, 2.24) is 4.90 Å². The second kappa shape index (κ2) is 8.61. The van der Waals surface area contributed by atoms with Gasteiger partial charge in [-0.1, -0.05) is 30.3 Å². The van der Waals surface area contributed by atoms with Gasteiger partial charge in [0.25, 0.3) is 0 Å². The molecule has 0 aliphatic carbocycles. The van der Waals surface area contributed by atoms with Crippen molar-refractivity contribution in [3.05, 3.63) is 58.8 Å². The van der Waals surface area contributed by atoms with Gasteiger partial charge in [0.15, 0.2) is 5.43 Å². The smallest absolute Gasteiger partial charge is 0.411 e. The third-order valence-electron chi connectivity index (χ3n) is 5.21. The number of phenolic OH excluding ortho intramolecular Hbond substituents is 1. The second-order valence-electron chi connectivity index (χ2n) is 8.91. The first-order valence-electron chi connectivity index (χ1n) is 10.7. The van der Waals surface area contributed by atoms with Gasteiger partial charge in [0.1, 0.15) is 39.9 Å². The molecule has 1 saturated heterocycles. The lowest BCUT2D eigenvalue weighted by atomic mass is 10.1. The summed E-state index contributed by atoms with van der Waals surface area (Å²) in [6.07, 6.45) is 0.490. The van der Waals surface area contributed by atoms with Crippen LogP contribution in [0.2, 0.25) is 0 Å². The molecule has 3 aromatic rings. The molecule has 1 aliphatic rings. The first kappa shape index (κ1) is 22.4. The summed E-state index contributed by atoms with van der Waals surface area (Å²) < 4.78 is 16.7. The Bertz CT molecular complexity index is 1260. The van der Waals surface area contributed by atoms with E-state index < -0.39 is 29.1 Å². The van der Waals surface area contributed by atoms with Crippen LogP contribution in [-0.2, 0) is 9.53 Å². The van der Waals surface area contributed by atoms with E-state index in [0.717, 1.165) is 0 Å². The highest BCUT2D eigenvalue weighted by atomic mass is 16.6. The molecule has 1 atom stereocenters. The Labute approximate surface area is 190 Å². The van der Waals surface area contributed by atoms with Crippen LogP contribution >= 0.6 is 0 Å². The van der Waals surface area contributed by atoms with Crippen LogP contribution in [0.1, 0.15) is 33.6 Å². The Morgan fingerprint density at radius 3 is 2.55 bits per heavy atom. The topological polar surface area (TPSA) is 106 Å². The van der Waals surface area contributed by atoms with Crippen molar-refractivity contribution >= 4 is 23.0 Å². The first-order valence-corrected chi connectivity index (χ1v) is 10.7. The Hall–Kier alpha value is -3.81. The van der Waals surface area contributed by atoms with Crippen molar-refractivity contribution in [3.8, 4) is 22.8 Å². The van der Waals surface area contributed by atoms with E-state index in [2.05, 4.69) is 0 Å². The van der Waals surface area contributed by atoms with Crippen LogP contribution in [0.5, 0.6) is 11.5 Å². The molecular formula is C25H25NO7. The molecule has 172 valence electrons. The fourth-order valence-electron chi connectivity index (χ4n) is 3.78. The summed E-state index contributed by atoms with van der Waals surface area (Å²) in [5.41, 5.74) is -0.332. The van der Waals surface area contributed by atoms with Gasteiger partial charge in [-0.2, -0.15) is 0 Å². The number of hydrogen-bond acceptors (Lipinski definition) is 7. The molecule has 0 bridgehead atoms. The predicted molar refractivity (Wildman–Crippen MR) is 121 cm³/mol. The minimum absolute atomic E-state index is 0.00859. The number of esters is 1. The van der Waals surface area contributed by atoms with E-state index in [0.29, 0.717) is 30.7 Å². The summed E-state index contributed by atoms with van der Waals surface area (Å²) in [7, 11) is 0. The number of phenols is 1. The van der Waals surface area contributed by atoms with Crippen molar-refractivity contribution in [2.24, 2.45) is 0 Å². The Morgan fingerprint density at radius 2 is 1.85 bits per heavy atom. The summed E-state index contributed by atoms with van der Waals surface area (Å²) in [4.78, 5) is 39.3. The molecule has 1 fully saturated rings. The molecule has 0 spiro atoms. The minimum Gasteiger partial charge on any atom is -0.507 e. The largest absolute Gasteiger partial charge is 0.507 e. The van der Waals surface area contributed by atoms with Gasteiger partial charge in [-0.25, -0.2) is 9.59 Å². The van der Waals surface area contributed by atoms with Crippen LogP contribution in [-0.4, -0.2) is 40.3 Å². The molecule has 1 aromatic heterocycles. The highest BCUT2D eigenvalue weighted by Crippen LogP contribution is 2.32. The fraction of sp³-hybridized carbons (Fsp3) is 0.320. The number of nitrogens with zero attached hydrogens (tertiary/aromatic N) is 1. The number of benzene rings is 2. The molecule has 1 aliphatic heterocycles. The quantitative estimate of drug-likeness (QED) is 0.462. The van der Waals surface area contributed by atoms with Crippen molar-refractivity contribution in [1.29, 1.82) is 0 Å². The second-order valence-corrected chi connectivity index (χ2v) is 8.91. The SMILES string of the molecule is CC(C)(C)OC(=O)N1CCC[C@H]1C(=O)Oc1cc(O)c2c(=O)cc(-c3ccccc3)oc2c1. The van der Waals surface area contributed by atoms with E-state index >= 15 is 0 Å². The van der Waals surface area contributed by atoms with Crippen molar-refractivity contribution in [3.63, 3.8) is 0 Å². The Morgan fingerprint density at radius 1 is 1.12 bits per heavy atom. The van der Waals surface area contributed by atoms with Crippen LogP contribution in [0.3, 0.4) is 0 Å². The van der Waals surface area contributed by atoms with Gasteiger partial charge < -0.3 is 19.0 Å². The number of ether oxygens (including phenoxy) is 2.